The highest BCUT2D eigenvalue weighted by molar-refractivity contribution is 5.95. The number of amides is 1. The molecule has 0 aliphatic rings. The van der Waals surface area contributed by atoms with Crippen molar-refractivity contribution >= 4 is 22.9 Å². The Hall–Kier alpha value is -3.22. The van der Waals surface area contributed by atoms with Crippen LogP contribution in [0.2, 0.25) is 0 Å². The Morgan fingerprint density at radius 1 is 1.14 bits per heavy atom. The third kappa shape index (κ3) is 4.80. The molecule has 29 heavy (non-hydrogen) atoms. The van der Waals surface area contributed by atoms with E-state index in [1.54, 1.807) is 29.8 Å². The molecule has 1 aromatic heterocycles. The molecule has 7 heteroatoms. The van der Waals surface area contributed by atoms with Crippen LogP contribution >= 0.6 is 0 Å². The van der Waals surface area contributed by atoms with E-state index in [0.717, 1.165) is 11.9 Å². The maximum absolute atomic E-state index is 12.4. The van der Waals surface area contributed by atoms with Gasteiger partial charge in [-0.1, -0.05) is 42.5 Å². The molecular formula is C22H26N4O3. The van der Waals surface area contributed by atoms with Gasteiger partial charge in [-0.2, -0.15) is 0 Å². The van der Waals surface area contributed by atoms with Crippen LogP contribution in [0.1, 0.15) is 49.0 Å². The summed E-state index contributed by atoms with van der Waals surface area (Å²) >= 11 is 0. The van der Waals surface area contributed by atoms with Gasteiger partial charge in [-0.15, -0.1) is 5.10 Å². The van der Waals surface area contributed by atoms with Crippen LogP contribution in [0.25, 0.3) is 11.0 Å². The molecule has 0 aliphatic carbocycles. The van der Waals surface area contributed by atoms with Crippen LogP contribution in [0.15, 0.2) is 48.5 Å². The molecule has 1 heterocycles. The van der Waals surface area contributed by atoms with Crippen molar-refractivity contribution in [1.29, 1.82) is 0 Å². The van der Waals surface area contributed by atoms with Crippen LogP contribution in [0.3, 0.4) is 0 Å². The van der Waals surface area contributed by atoms with Crippen molar-refractivity contribution in [3.63, 3.8) is 0 Å². The van der Waals surface area contributed by atoms with E-state index in [4.69, 9.17) is 4.74 Å². The van der Waals surface area contributed by atoms with Gasteiger partial charge < -0.3 is 10.1 Å². The van der Waals surface area contributed by atoms with Gasteiger partial charge in [0.15, 0.2) is 6.10 Å². The predicted molar refractivity (Wildman–Crippen MR) is 111 cm³/mol. The first-order valence-electron chi connectivity index (χ1n) is 9.90. The number of carbonyl (C=O) groups is 2. The summed E-state index contributed by atoms with van der Waals surface area (Å²) in [5.74, 6) is -0.659. The number of rotatable bonds is 8. The fourth-order valence-electron chi connectivity index (χ4n) is 3.21. The molecule has 0 spiro atoms. The largest absolute Gasteiger partial charge is 0.449 e. The van der Waals surface area contributed by atoms with Gasteiger partial charge in [0.2, 0.25) is 0 Å². The van der Waals surface area contributed by atoms with Gasteiger partial charge in [0, 0.05) is 19.0 Å². The van der Waals surface area contributed by atoms with Gasteiger partial charge in [-0.05, 0) is 44.0 Å². The molecule has 0 saturated heterocycles. The van der Waals surface area contributed by atoms with Crippen molar-refractivity contribution in [3.05, 3.63) is 59.7 Å². The molecule has 3 aromatic rings. The number of aryl methyl sites for hydroxylation is 1. The Bertz CT molecular complexity index is 984. The highest BCUT2D eigenvalue weighted by atomic mass is 16.5. The number of aromatic nitrogens is 3. The number of esters is 1. The minimum absolute atomic E-state index is 0.214. The number of fused-ring (bicyclic) bond motifs is 1. The minimum Gasteiger partial charge on any atom is -0.449 e. The molecule has 1 amide bonds. The average Bonchev–Trinajstić information content (AvgIpc) is 3.17. The van der Waals surface area contributed by atoms with Gasteiger partial charge in [-0.25, -0.2) is 9.48 Å². The van der Waals surface area contributed by atoms with Gasteiger partial charge in [-0.3, -0.25) is 4.79 Å². The molecule has 7 nitrogen and oxygen atoms in total. The fourth-order valence-corrected chi connectivity index (χ4v) is 3.21. The lowest BCUT2D eigenvalue weighted by molar-refractivity contribution is -0.129. The first kappa shape index (κ1) is 20.5. The molecule has 1 N–H and O–H groups in total. The molecule has 0 radical (unpaired) electrons. The van der Waals surface area contributed by atoms with E-state index in [2.05, 4.69) is 34.7 Å². The van der Waals surface area contributed by atoms with E-state index in [9.17, 15) is 9.59 Å². The Labute approximate surface area is 170 Å². The van der Waals surface area contributed by atoms with E-state index in [0.29, 0.717) is 24.2 Å². The zero-order valence-electron chi connectivity index (χ0n) is 17.0. The van der Waals surface area contributed by atoms with E-state index in [-0.39, 0.29) is 11.8 Å². The summed E-state index contributed by atoms with van der Waals surface area (Å²) in [6, 6.07) is 15.1. The highest BCUT2D eigenvalue weighted by Crippen LogP contribution is 2.18. The number of nitrogens with one attached hydrogen (secondary N) is 1. The summed E-state index contributed by atoms with van der Waals surface area (Å²) in [6.45, 7) is 6.81. The van der Waals surface area contributed by atoms with Crippen LogP contribution in [0.4, 0.5) is 0 Å². The minimum atomic E-state index is -0.891. The van der Waals surface area contributed by atoms with E-state index in [1.165, 1.54) is 5.56 Å². The van der Waals surface area contributed by atoms with Gasteiger partial charge in [0.1, 0.15) is 5.52 Å². The number of benzene rings is 2. The first-order valence-corrected chi connectivity index (χ1v) is 9.90. The molecule has 2 aromatic carbocycles. The number of hydrogen-bond donors (Lipinski definition) is 1. The quantitative estimate of drug-likeness (QED) is 0.593. The second kappa shape index (κ2) is 9.32. The molecule has 0 aliphatic heterocycles. The lowest BCUT2D eigenvalue weighted by Crippen LogP contribution is -2.38. The molecule has 0 saturated carbocycles. The summed E-state index contributed by atoms with van der Waals surface area (Å²) in [5, 5.41) is 11.0. The van der Waals surface area contributed by atoms with E-state index in [1.807, 2.05) is 25.1 Å². The number of ether oxygens (including phenoxy) is 1. The summed E-state index contributed by atoms with van der Waals surface area (Å²) < 4.78 is 7.09. The lowest BCUT2D eigenvalue weighted by Gasteiger charge is -2.18. The van der Waals surface area contributed by atoms with E-state index < -0.39 is 12.1 Å². The second-order valence-electron chi connectivity index (χ2n) is 6.92. The molecule has 0 unspecified atom stereocenters. The smallest absolute Gasteiger partial charge is 0.338 e. The van der Waals surface area contributed by atoms with Crippen molar-refractivity contribution in [2.75, 3.05) is 6.54 Å². The third-order valence-electron chi connectivity index (χ3n) is 4.99. The fraction of sp³-hybridized carbons (Fsp3) is 0.364. The molecule has 152 valence electrons. The maximum atomic E-state index is 12.4. The zero-order chi connectivity index (χ0) is 20.8. The van der Waals surface area contributed by atoms with Crippen LogP contribution < -0.4 is 5.32 Å². The molecule has 0 fully saturated rings. The Morgan fingerprint density at radius 2 is 1.90 bits per heavy atom. The standard InChI is InChI=1S/C22H26N4O3/c1-4-16(17-9-7-6-8-10-17)14-23-21(27)15(3)29-22(28)18-11-12-20-19(13-18)24-25-26(20)5-2/h6-13,15-16H,4-5,14H2,1-3H3,(H,23,27)/t15-,16+/m1/s1. The topological polar surface area (TPSA) is 86.1 Å². The monoisotopic (exact) mass is 394 g/mol. The summed E-state index contributed by atoms with van der Waals surface area (Å²) in [7, 11) is 0. The highest BCUT2D eigenvalue weighted by Gasteiger charge is 2.21. The average molecular weight is 394 g/mol. The molecule has 2 atom stereocenters. The second-order valence-corrected chi connectivity index (χ2v) is 6.92. The van der Waals surface area contributed by atoms with Crippen LogP contribution in [-0.4, -0.2) is 39.5 Å². The zero-order valence-corrected chi connectivity index (χ0v) is 17.0. The van der Waals surface area contributed by atoms with Crippen LogP contribution in [0, 0.1) is 0 Å². The molecule has 3 rings (SSSR count). The van der Waals surface area contributed by atoms with Crippen LogP contribution in [-0.2, 0) is 16.1 Å². The van der Waals surface area contributed by atoms with Crippen LogP contribution in [0.5, 0.6) is 0 Å². The lowest BCUT2D eigenvalue weighted by atomic mass is 9.96. The van der Waals surface area contributed by atoms with E-state index >= 15 is 0 Å². The number of nitrogens with zero attached hydrogens (tertiary/aromatic N) is 3. The summed E-state index contributed by atoms with van der Waals surface area (Å²) in [5.41, 5.74) is 2.98. The van der Waals surface area contributed by atoms with Gasteiger partial charge in [0.05, 0.1) is 11.1 Å². The predicted octanol–water partition coefficient (Wildman–Crippen LogP) is 3.31. The summed E-state index contributed by atoms with van der Waals surface area (Å²) in [6.07, 6.45) is 0.00880. The Balaban J connectivity index is 1.58. The molecular weight excluding hydrogens is 368 g/mol. The normalized spacial score (nSPS) is 13.1. The first-order chi connectivity index (χ1) is 14.0. The maximum Gasteiger partial charge on any atom is 0.338 e. The number of hydrogen-bond acceptors (Lipinski definition) is 5. The van der Waals surface area contributed by atoms with Crippen molar-refractivity contribution in [3.8, 4) is 0 Å². The van der Waals surface area contributed by atoms with Gasteiger partial charge >= 0.3 is 5.97 Å². The van der Waals surface area contributed by atoms with Gasteiger partial charge in [0.25, 0.3) is 5.91 Å². The van der Waals surface area contributed by atoms with Crippen molar-refractivity contribution in [1.82, 2.24) is 20.3 Å². The van der Waals surface area contributed by atoms with Crippen molar-refractivity contribution < 1.29 is 14.3 Å². The SMILES string of the molecule is CC[C@@H](CNC(=O)[C@@H](C)OC(=O)c1ccc2c(c1)nnn2CC)c1ccccc1. The Morgan fingerprint density at radius 3 is 2.59 bits per heavy atom. The number of carbonyl (C=O) groups excluding carboxylic acids is 2. The third-order valence-corrected chi connectivity index (χ3v) is 4.99. The van der Waals surface area contributed by atoms with Crippen molar-refractivity contribution in [2.24, 2.45) is 0 Å². The molecule has 0 bridgehead atoms. The van der Waals surface area contributed by atoms with Crippen molar-refractivity contribution in [2.45, 2.75) is 45.8 Å². The Kier molecular flexibility index (Phi) is 6.59. The summed E-state index contributed by atoms with van der Waals surface area (Å²) in [4.78, 5) is 24.8.